The molecule has 1 aliphatic carbocycles. The molecular weight excluding hydrogens is 373 g/mol. The van der Waals surface area contributed by atoms with Gasteiger partial charge in [0.2, 0.25) is 5.91 Å². The van der Waals surface area contributed by atoms with E-state index >= 15 is 0 Å². The Labute approximate surface area is 169 Å². The van der Waals surface area contributed by atoms with Gasteiger partial charge in [0.25, 0.3) is 0 Å². The van der Waals surface area contributed by atoms with Crippen LogP contribution in [0.25, 0.3) is 0 Å². The summed E-state index contributed by atoms with van der Waals surface area (Å²) in [6, 6.07) is 8.00. The lowest BCUT2D eigenvalue weighted by atomic mass is 9.92. The average molecular weight is 404 g/mol. The van der Waals surface area contributed by atoms with Gasteiger partial charge in [-0.25, -0.2) is 0 Å². The first kappa shape index (κ1) is 23.0. The molecule has 1 heterocycles. The van der Waals surface area contributed by atoms with E-state index in [0.717, 1.165) is 50.2 Å². The minimum atomic E-state index is 0. The first-order valence-corrected chi connectivity index (χ1v) is 8.94. The van der Waals surface area contributed by atoms with Gasteiger partial charge in [-0.05, 0) is 69.6 Å². The molecule has 1 spiro atoms. The van der Waals surface area contributed by atoms with E-state index in [1.165, 1.54) is 0 Å². The van der Waals surface area contributed by atoms with Gasteiger partial charge in [-0.3, -0.25) is 4.79 Å². The van der Waals surface area contributed by atoms with Crippen molar-refractivity contribution in [1.29, 1.82) is 0 Å². The van der Waals surface area contributed by atoms with E-state index in [-0.39, 0.29) is 36.6 Å². The molecule has 148 valence electrons. The number of hydrogen-bond acceptors (Lipinski definition) is 4. The van der Waals surface area contributed by atoms with Crippen molar-refractivity contribution in [3.8, 4) is 5.75 Å². The summed E-state index contributed by atoms with van der Waals surface area (Å²) < 4.78 is 5.69. The third-order valence-corrected chi connectivity index (χ3v) is 5.30. The first-order chi connectivity index (χ1) is 11.6. The van der Waals surface area contributed by atoms with Gasteiger partial charge >= 0.3 is 0 Å². The number of carbonyl (C=O) groups excluding carboxylic acids is 1. The van der Waals surface area contributed by atoms with Gasteiger partial charge in [0.1, 0.15) is 12.4 Å². The molecule has 2 fully saturated rings. The minimum Gasteiger partial charge on any atom is -0.492 e. The zero-order valence-corrected chi connectivity index (χ0v) is 17.3. The molecule has 0 radical (unpaired) electrons. The fraction of sp³-hybridized carbons (Fsp3) is 0.632. The molecule has 1 atom stereocenters. The number of benzene rings is 1. The van der Waals surface area contributed by atoms with Crippen LogP contribution in [-0.2, 0) is 11.3 Å². The molecule has 5 nitrogen and oxygen atoms in total. The molecule has 26 heavy (non-hydrogen) atoms. The van der Waals surface area contributed by atoms with Gasteiger partial charge in [-0.15, -0.1) is 24.8 Å². The van der Waals surface area contributed by atoms with E-state index in [1.807, 2.05) is 38.4 Å². The predicted molar refractivity (Wildman–Crippen MR) is 109 cm³/mol. The van der Waals surface area contributed by atoms with Crippen LogP contribution in [0.1, 0.15) is 24.8 Å². The molecule has 0 bridgehead atoms. The van der Waals surface area contributed by atoms with Crippen molar-refractivity contribution in [2.45, 2.75) is 25.8 Å². The Bertz CT molecular complexity index is 560. The van der Waals surface area contributed by atoms with Crippen molar-refractivity contribution in [3.05, 3.63) is 29.8 Å². The van der Waals surface area contributed by atoms with E-state index in [9.17, 15) is 4.79 Å². The molecule has 1 aromatic carbocycles. The summed E-state index contributed by atoms with van der Waals surface area (Å²) in [5.74, 6) is 1.33. The van der Waals surface area contributed by atoms with Crippen LogP contribution in [0, 0.1) is 11.3 Å². The van der Waals surface area contributed by atoms with E-state index in [2.05, 4.69) is 15.5 Å². The predicted octanol–water partition coefficient (Wildman–Crippen LogP) is 2.48. The van der Waals surface area contributed by atoms with Crippen molar-refractivity contribution >= 4 is 30.7 Å². The van der Waals surface area contributed by atoms with Crippen molar-refractivity contribution in [1.82, 2.24) is 15.5 Å². The first-order valence-electron chi connectivity index (χ1n) is 8.94. The van der Waals surface area contributed by atoms with Gasteiger partial charge in [-0.1, -0.05) is 12.1 Å². The number of nitrogens with one attached hydrogen (secondary N) is 2. The Balaban J connectivity index is 0.00000169. The van der Waals surface area contributed by atoms with Crippen molar-refractivity contribution in [2.24, 2.45) is 11.3 Å². The number of piperidine rings is 1. The topological polar surface area (TPSA) is 53.6 Å². The molecule has 1 aromatic rings. The quantitative estimate of drug-likeness (QED) is 0.733. The van der Waals surface area contributed by atoms with Gasteiger partial charge in [0, 0.05) is 19.0 Å². The third kappa shape index (κ3) is 6.02. The molecule has 2 N–H and O–H groups in total. The average Bonchev–Trinajstić information content (AvgIpc) is 3.27. The van der Waals surface area contributed by atoms with E-state index < -0.39 is 0 Å². The number of carbonyl (C=O) groups is 1. The molecule has 1 saturated heterocycles. The molecule has 0 aromatic heterocycles. The van der Waals surface area contributed by atoms with Gasteiger partial charge < -0.3 is 20.3 Å². The Morgan fingerprint density at radius 1 is 1.23 bits per heavy atom. The summed E-state index contributed by atoms with van der Waals surface area (Å²) in [6.45, 7) is 4.29. The molecule has 1 saturated carbocycles. The number of ether oxygens (including phenoxy) is 1. The largest absolute Gasteiger partial charge is 0.492 e. The number of nitrogens with zero attached hydrogens (tertiary/aromatic N) is 1. The summed E-state index contributed by atoms with van der Waals surface area (Å²) in [7, 11) is 4.06. The SMILES string of the molecule is CN(C)CCOc1ccc(CNC(=O)C2CC23CCNCC3)cc1.Cl.Cl. The monoisotopic (exact) mass is 403 g/mol. The Morgan fingerprint density at radius 2 is 1.88 bits per heavy atom. The second-order valence-electron chi connectivity index (χ2n) is 7.38. The van der Waals surface area contributed by atoms with Gasteiger partial charge in [0.05, 0.1) is 0 Å². The van der Waals surface area contributed by atoms with Crippen LogP contribution in [0.5, 0.6) is 5.75 Å². The zero-order valence-electron chi connectivity index (χ0n) is 15.6. The van der Waals surface area contributed by atoms with Gasteiger partial charge in [-0.2, -0.15) is 0 Å². The van der Waals surface area contributed by atoms with E-state index in [4.69, 9.17) is 4.74 Å². The molecule has 7 heteroatoms. The van der Waals surface area contributed by atoms with Crippen LogP contribution in [0.2, 0.25) is 0 Å². The maximum Gasteiger partial charge on any atom is 0.223 e. The van der Waals surface area contributed by atoms with Crippen molar-refractivity contribution in [2.75, 3.05) is 40.3 Å². The summed E-state index contributed by atoms with van der Waals surface area (Å²) in [5, 5.41) is 6.48. The lowest BCUT2D eigenvalue weighted by molar-refractivity contribution is -0.123. The lowest BCUT2D eigenvalue weighted by Gasteiger charge is -2.23. The highest BCUT2D eigenvalue weighted by Crippen LogP contribution is 2.58. The normalized spacial score (nSPS) is 20.0. The Kier molecular flexibility index (Phi) is 9.17. The molecular formula is C19H31Cl2N3O2. The maximum absolute atomic E-state index is 12.4. The summed E-state index contributed by atoms with van der Waals surface area (Å²) >= 11 is 0. The number of likely N-dealkylation sites (N-methyl/N-ethyl adjacent to an activating group) is 1. The molecule has 2 aliphatic rings. The van der Waals surface area contributed by atoms with Crippen LogP contribution in [0.15, 0.2) is 24.3 Å². The summed E-state index contributed by atoms with van der Waals surface area (Å²) in [5.41, 5.74) is 1.42. The van der Waals surface area contributed by atoms with E-state index in [0.29, 0.717) is 18.6 Å². The van der Waals surface area contributed by atoms with Crippen molar-refractivity contribution < 1.29 is 9.53 Å². The fourth-order valence-corrected chi connectivity index (χ4v) is 3.56. The number of halogens is 2. The van der Waals surface area contributed by atoms with Crippen LogP contribution in [0.3, 0.4) is 0 Å². The highest BCUT2D eigenvalue weighted by atomic mass is 35.5. The zero-order chi connectivity index (χ0) is 17.0. The van der Waals surface area contributed by atoms with Crippen LogP contribution in [-0.4, -0.2) is 51.1 Å². The van der Waals surface area contributed by atoms with Crippen LogP contribution < -0.4 is 15.4 Å². The lowest BCUT2D eigenvalue weighted by Crippen LogP contribution is -2.33. The molecule has 1 unspecified atom stereocenters. The summed E-state index contributed by atoms with van der Waals surface area (Å²) in [6.07, 6.45) is 3.35. The number of hydrogen-bond donors (Lipinski definition) is 2. The molecule has 1 aliphatic heterocycles. The van der Waals surface area contributed by atoms with Crippen LogP contribution >= 0.6 is 24.8 Å². The van der Waals surface area contributed by atoms with Crippen LogP contribution in [0.4, 0.5) is 0 Å². The second kappa shape index (κ2) is 10.4. The Morgan fingerprint density at radius 3 is 2.50 bits per heavy atom. The number of rotatable bonds is 7. The fourth-order valence-electron chi connectivity index (χ4n) is 3.56. The van der Waals surface area contributed by atoms with E-state index in [1.54, 1.807) is 0 Å². The maximum atomic E-state index is 12.4. The minimum absolute atomic E-state index is 0. The second-order valence-corrected chi connectivity index (χ2v) is 7.38. The highest BCUT2D eigenvalue weighted by Gasteiger charge is 2.57. The third-order valence-electron chi connectivity index (χ3n) is 5.30. The number of amides is 1. The highest BCUT2D eigenvalue weighted by molar-refractivity contribution is 5.85. The smallest absolute Gasteiger partial charge is 0.223 e. The van der Waals surface area contributed by atoms with Gasteiger partial charge in [0.15, 0.2) is 0 Å². The van der Waals surface area contributed by atoms with Crippen molar-refractivity contribution in [3.63, 3.8) is 0 Å². The Hall–Kier alpha value is -1.01. The molecule has 3 rings (SSSR count). The standard InChI is InChI=1S/C19H29N3O2.2ClH/c1-22(2)11-12-24-16-5-3-15(4-6-16)14-21-18(23)17-13-19(17)7-9-20-10-8-19;;/h3-6,17,20H,7-14H2,1-2H3,(H,21,23);2*1H. The molecule has 1 amide bonds. The summed E-state index contributed by atoms with van der Waals surface area (Å²) in [4.78, 5) is 14.5.